The molecule has 0 atom stereocenters. The molecule has 0 aromatic rings. The van der Waals surface area contributed by atoms with Gasteiger partial charge in [-0.05, 0) is 0 Å². The first-order chi connectivity index (χ1) is 4.13. The van der Waals surface area contributed by atoms with E-state index in [9.17, 15) is 0 Å². The van der Waals surface area contributed by atoms with Crippen molar-refractivity contribution in [1.29, 1.82) is 0 Å². The molecule has 0 rings (SSSR count). The molecule has 0 radical (unpaired) electrons. The molecule has 0 amide bonds. The van der Waals surface area contributed by atoms with Crippen molar-refractivity contribution >= 4 is 0 Å². The monoisotopic (exact) mass is 232 g/mol. The molecule has 0 aromatic carbocycles. The first-order valence-corrected chi connectivity index (χ1v) is 6.65. The fourth-order valence-electron chi connectivity index (χ4n) is 0.311. The fraction of sp³-hybridized carbons (Fsp3) is 1.00. The molecule has 0 unspecified atom stereocenters. The maximum atomic E-state index is 5.34. The second kappa shape index (κ2) is 5.61. The molecule has 0 saturated carbocycles. The predicted octanol–water partition coefficient (Wildman–Crippen LogP) is 1.75. The van der Waals surface area contributed by atoms with Gasteiger partial charge >= 0.3 is 70.4 Å². The van der Waals surface area contributed by atoms with Crippen molar-refractivity contribution in [3.8, 4) is 0 Å². The van der Waals surface area contributed by atoms with Crippen LogP contribution >= 0.6 is 0 Å². The molecule has 0 saturated heterocycles. The van der Waals surface area contributed by atoms with Crippen LogP contribution in [0, 0.1) is 0 Å². The quantitative estimate of drug-likeness (QED) is 0.685. The van der Waals surface area contributed by atoms with Gasteiger partial charge in [0.05, 0.1) is 0 Å². The van der Waals surface area contributed by atoms with E-state index in [4.69, 9.17) is 5.37 Å². The van der Waals surface area contributed by atoms with Gasteiger partial charge in [0, 0.05) is 0 Å². The third-order valence-corrected chi connectivity index (χ3v) is 5.39. The number of hydrogen-bond acceptors (Lipinski definition) is 2. The molecular weight excluding hydrogens is 216 g/mol. The second-order valence-electron chi connectivity index (χ2n) is 2.55. The van der Waals surface area contributed by atoms with Gasteiger partial charge < -0.3 is 0 Å². The molecule has 9 heavy (non-hydrogen) atoms. The van der Waals surface area contributed by atoms with E-state index in [1.165, 1.54) is 0 Å². The Hall–Kier alpha value is 0.842. The van der Waals surface area contributed by atoms with Crippen LogP contribution in [0.1, 0.15) is 27.7 Å². The zero-order valence-corrected chi connectivity index (χ0v) is 10.7. The van der Waals surface area contributed by atoms with Crippen LogP contribution in [0.5, 0.6) is 0 Å². The Morgan fingerprint density at radius 3 is 1.44 bits per heavy atom. The molecule has 0 N–H and O–H groups in total. The van der Waals surface area contributed by atoms with E-state index in [0.29, 0.717) is 12.2 Å². The van der Waals surface area contributed by atoms with Gasteiger partial charge in [0.2, 0.25) is 0 Å². The van der Waals surface area contributed by atoms with Gasteiger partial charge in [-0.1, -0.05) is 0 Å². The van der Waals surface area contributed by atoms with Gasteiger partial charge in [-0.15, -0.1) is 0 Å². The van der Waals surface area contributed by atoms with Crippen LogP contribution in [0.2, 0.25) is 0 Å². The normalized spacial score (nSPS) is 10.4. The van der Waals surface area contributed by atoms with Crippen molar-refractivity contribution in [3.63, 3.8) is 0 Å². The molecule has 0 aromatic heterocycles. The maximum absolute atomic E-state index is 5.34. The molecule has 52 valence electrons. The van der Waals surface area contributed by atoms with Crippen molar-refractivity contribution in [2.75, 3.05) is 0 Å². The van der Waals surface area contributed by atoms with E-state index < -0.39 is 25.1 Å². The van der Waals surface area contributed by atoms with Crippen LogP contribution in [0.3, 0.4) is 0 Å². The molecule has 0 spiro atoms. The summed E-state index contributed by atoms with van der Waals surface area (Å²) in [7, 11) is 0. The summed E-state index contributed by atoms with van der Waals surface area (Å²) in [5, 5.41) is 0. The number of rotatable bonds is 4. The van der Waals surface area contributed by atoms with E-state index >= 15 is 0 Å². The molecular formula is C6H14CdO2. The van der Waals surface area contributed by atoms with Gasteiger partial charge in [-0.3, -0.25) is 0 Å². The van der Waals surface area contributed by atoms with Crippen LogP contribution in [-0.2, 0) is 30.5 Å². The molecule has 0 fully saturated rings. The van der Waals surface area contributed by atoms with E-state index in [1.807, 2.05) is 27.7 Å². The first kappa shape index (κ1) is 9.84. The Morgan fingerprint density at radius 1 is 0.889 bits per heavy atom. The van der Waals surface area contributed by atoms with Gasteiger partial charge in [0.15, 0.2) is 0 Å². The van der Waals surface area contributed by atoms with Crippen molar-refractivity contribution in [3.05, 3.63) is 0 Å². The zero-order valence-electron chi connectivity index (χ0n) is 6.68. The summed E-state index contributed by atoms with van der Waals surface area (Å²) >= 11 is -1.24. The minimum absolute atomic E-state index is 0.361. The molecule has 0 heterocycles. The van der Waals surface area contributed by atoms with Crippen LogP contribution in [0.25, 0.3) is 0 Å². The van der Waals surface area contributed by atoms with Crippen molar-refractivity contribution in [2.24, 2.45) is 0 Å². The topological polar surface area (TPSA) is 18.5 Å². The van der Waals surface area contributed by atoms with Gasteiger partial charge in [0.25, 0.3) is 0 Å². The summed E-state index contributed by atoms with van der Waals surface area (Å²) in [6.45, 7) is 8.17. The summed E-state index contributed by atoms with van der Waals surface area (Å²) < 4.78 is 10.7. The van der Waals surface area contributed by atoms with Gasteiger partial charge in [-0.25, -0.2) is 0 Å². The Morgan fingerprint density at radius 2 is 1.22 bits per heavy atom. The summed E-state index contributed by atoms with van der Waals surface area (Å²) in [5.74, 6) is 0. The fourth-order valence-corrected chi connectivity index (χ4v) is 2.09. The molecule has 0 aliphatic heterocycles. The predicted molar refractivity (Wildman–Crippen MR) is 32.4 cm³/mol. The molecule has 0 aliphatic carbocycles. The number of hydrogen-bond donors (Lipinski definition) is 0. The van der Waals surface area contributed by atoms with Crippen LogP contribution in [-0.4, -0.2) is 12.2 Å². The minimum atomic E-state index is -1.24. The first-order valence-electron chi connectivity index (χ1n) is 3.36. The van der Waals surface area contributed by atoms with Crippen LogP contribution in [0.15, 0.2) is 0 Å². The van der Waals surface area contributed by atoms with Gasteiger partial charge in [0.1, 0.15) is 0 Å². The average Bonchev–Trinajstić information content (AvgIpc) is 1.63. The van der Waals surface area contributed by atoms with E-state index in [2.05, 4.69) is 0 Å². The molecule has 0 bridgehead atoms. The standard InChI is InChI=1S/2C3H7O.Cd/c2*1-3(2)4;/h2*3H,1-2H3;/q2*-1;+2. The zero-order chi connectivity index (χ0) is 7.28. The Kier molecular flexibility index (Phi) is 6.14. The molecule has 0 aliphatic rings. The van der Waals surface area contributed by atoms with Gasteiger partial charge in [-0.2, -0.15) is 0 Å². The average molecular weight is 231 g/mol. The Balaban J connectivity index is 2.91. The summed E-state index contributed by atoms with van der Waals surface area (Å²) in [5.41, 5.74) is 0. The van der Waals surface area contributed by atoms with E-state index in [0.717, 1.165) is 0 Å². The molecule has 3 heteroatoms. The van der Waals surface area contributed by atoms with Crippen LogP contribution < -0.4 is 0 Å². The second-order valence-corrected chi connectivity index (χ2v) is 5.12. The third-order valence-electron chi connectivity index (χ3n) is 0.803. The molecule has 2 nitrogen and oxygen atoms in total. The summed E-state index contributed by atoms with van der Waals surface area (Å²) in [6.07, 6.45) is 0.721. The SMILES string of the molecule is CC(C)[O][Cd][O]C(C)C. The van der Waals surface area contributed by atoms with Crippen molar-refractivity contribution < 1.29 is 30.5 Å². The van der Waals surface area contributed by atoms with E-state index in [1.54, 1.807) is 0 Å². The van der Waals surface area contributed by atoms with Crippen molar-refractivity contribution in [1.82, 2.24) is 0 Å². The van der Waals surface area contributed by atoms with Crippen LogP contribution in [0.4, 0.5) is 0 Å². The van der Waals surface area contributed by atoms with Crippen molar-refractivity contribution in [2.45, 2.75) is 39.9 Å². The Labute approximate surface area is 70.4 Å². The summed E-state index contributed by atoms with van der Waals surface area (Å²) in [4.78, 5) is 0. The third kappa shape index (κ3) is 8.84. The van der Waals surface area contributed by atoms with E-state index in [-0.39, 0.29) is 0 Å². The summed E-state index contributed by atoms with van der Waals surface area (Å²) in [6, 6.07) is 0. The Bertz CT molecular complexity index is 56.1.